The van der Waals surface area contributed by atoms with E-state index in [4.69, 9.17) is 4.74 Å². The molecule has 0 spiro atoms. The fraction of sp³-hybridized carbons (Fsp3) is 0.286. The molecule has 0 aliphatic carbocycles. The molecule has 0 radical (unpaired) electrons. The highest BCUT2D eigenvalue weighted by atomic mass is 16.5. The van der Waals surface area contributed by atoms with Crippen LogP contribution < -0.4 is 10.1 Å². The van der Waals surface area contributed by atoms with Crippen molar-refractivity contribution >= 4 is 38.4 Å². The SMILES string of the molecule is COc1ccc2c(ccc3[nH]c4ccnc(NCCCN(C)C)c4c32)c1. The first-order valence-electron chi connectivity index (χ1n) is 8.93. The van der Waals surface area contributed by atoms with Gasteiger partial charge in [-0.2, -0.15) is 0 Å². The number of methoxy groups -OCH3 is 1. The van der Waals surface area contributed by atoms with E-state index in [0.717, 1.165) is 47.5 Å². The fourth-order valence-corrected chi connectivity index (χ4v) is 3.51. The van der Waals surface area contributed by atoms with Crippen molar-refractivity contribution < 1.29 is 4.74 Å². The minimum atomic E-state index is 0.872. The molecule has 5 nitrogen and oxygen atoms in total. The Labute approximate surface area is 153 Å². The number of aromatic nitrogens is 2. The van der Waals surface area contributed by atoms with Gasteiger partial charge in [0.15, 0.2) is 0 Å². The zero-order valence-electron chi connectivity index (χ0n) is 15.5. The number of pyridine rings is 1. The van der Waals surface area contributed by atoms with E-state index in [0.29, 0.717) is 0 Å². The van der Waals surface area contributed by atoms with Gasteiger partial charge >= 0.3 is 0 Å². The van der Waals surface area contributed by atoms with Crippen molar-refractivity contribution in [3.05, 3.63) is 42.6 Å². The smallest absolute Gasteiger partial charge is 0.136 e. The molecule has 134 valence electrons. The molecule has 4 rings (SSSR count). The summed E-state index contributed by atoms with van der Waals surface area (Å²) in [4.78, 5) is 10.3. The second kappa shape index (κ2) is 6.84. The monoisotopic (exact) mass is 348 g/mol. The molecular formula is C21H24N4O. The Hall–Kier alpha value is -2.79. The standard InChI is InChI=1S/C21H24N4O/c1-25(2)12-4-10-22-21-20-18(9-11-23-21)24-17-8-5-14-13-15(26-3)6-7-16(14)19(17)20/h5-9,11,13,24H,4,10,12H2,1-3H3,(H,22,23). The van der Waals surface area contributed by atoms with Gasteiger partial charge in [-0.3, -0.25) is 0 Å². The number of rotatable bonds is 6. The lowest BCUT2D eigenvalue weighted by atomic mass is 10.0. The number of benzene rings is 2. The lowest BCUT2D eigenvalue weighted by Crippen LogP contribution is -2.16. The molecule has 0 aliphatic heterocycles. The van der Waals surface area contributed by atoms with Gasteiger partial charge in [0.05, 0.1) is 18.0 Å². The summed E-state index contributed by atoms with van der Waals surface area (Å²) < 4.78 is 5.38. The molecule has 0 fully saturated rings. The van der Waals surface area contributed by atoms with Crippen molar-refractivity contribution in [1.82, 2.24) is 14.9 Å². The maximum atomic E-state index is 5.38. The largest absolute Gasteiger partial charge is 0.497 e. The van der Waals surface area contributed by atoms with Crippen molar-refractivity contribution in [1.29, 1.82) is 0 Å². The number of hydrogen-bond donors (Lipinski definition) is 2. The van der Waals surface area contributed by atoms with Gasteiger partial charge in [-0.25, -0.2) is 4.98 Å². The molecule has 2 aromatic heterocycles. The Morgan fingerprint density at radius 3 is 2.73 bits per heavy atom. The molecular weight excluding hydrogens is 324 g/mol. The van der Waals surface area contributed by atoms with Crippen LogP contribution in [0.1, 0.15) is 6.42 Å². The van der Waals surface area contributed by atoms with Crippen LogP contribution in [0, 0.1) is 0 Å². The Bertz CT molecular complexity index is 1070. The third kappa shape index (κ3) is 2.95. The topological polar surface area (TPSA) is 53.2 Å². The van der Waals surface area contributed by atoms with Crippen LogP contribution >= 0.6 is 0 Å². The number of hydrogen-bond acceptors (Lipinski definition) is 4. The minimum Gasteiger partial charge on any atom is -0.497 e. The van der Waals surface area contributed by atoms with Gasteiger partial charge < -0.3 is 19.9 Å². The first-order valence-corrected chi connectivity index (χ1v) is 8.93. The molecule has 2 N–H and O–H groups in total. The Morgan fingerprint density at radius 1 is 1.08 bits per heavy atom. The van der Waals surface area contributed by atoms with Crippen molar-refractivity contribution in [2.75, 3.05) is 39.6 Å². The van der Waals surface area contributed by atoms with Gasteiger partial charge in [0, 0.05) is 23.6 Å². The first kappa shape index (κ1) is 16.7. The minimum absolute atomic E-state index is 0.872. The van der Waals surface area contributed by atoms with E-state index in [1.54, 1.807) is 7.11 Å². The molecule has 0 unspecified atom stereocenters. The van der Waals surface area contributed by atoms with E-state index in [-0.39, 0.29) is 0 Å². The number of H-pyrrole nitrogens is 1. The molecule has 0 saturated carbocycles. The highest BCUT2D eigenvalue weighted by Crippen LogP contribution is 2.36. The summed E-state index contributed by atoms with van der Waals surface area (Å²) in [6.45, 7) is 1.95. The average Bonchev–Trinajstić information content (AvgIpc) is 3.04. The molecule has 0 amide bonds. The third-order valence-electron chi connectivity index (χ3n) is 4.77. The maximum Gasteiger partial charge on any atom is 0.136 e. The van der Waals surface area contributed by atoms with Crippen LogP contribution in [0.3, 0.4) is 0 Å². The van der Waals surface area contributed by atoms with E-state index in [2.05, 4.69) is 58.5 Å². The number of anilines is 1. The molecule has 2 aromatic carbocycles. The van der Waals surface area contributed by atoms with Crippen LogP contribution in [0.5, 0.6) is 5.75 Å². The van der Waals surface area contributed by atoms with Crippen LogP contribution in [0.25, 0.3) is 32.6 Å². The molecule has 5 heteroatoms. The predicted octanol–water partition coefficient (Wildman–Crippen LogP) is 4.24. The third-order valence-corrected chi connectivity index (χ3v) is 4.77. The summed E-state index contributed by atoms with van der Waals surface area (Å²) in [6.07, 6.45) is 2.93. The lowest BCUT2D eigenvalue weighted by Gasteiger charge is -2.11. The summed E-state index contributed by atoms with van der Waals surface area (Å²) >= 11 is 0. The number of fused-ring (bicyclic) bond motifs is 5. The number of nitrogens with one attached hydrogen (secondary N) is 2. The zero-order valence-corrected chi connectivity index (χ0v) is 15.5. The van der Waals surface area contributed by atoms with E-state index in [1.165, 1.54) is 16.2 Å². The summed E-state index contributed by atoms with van der Waals surface area (Å²) in [5.74, 6) is 1.81. The van der Waals surface area contributed by atoms with Crippen LogP contribution in [-0.4, -0.2) is 49.2 Å². The molecule has 0 saturated heterocycles. The van der Waals surface area contributed by atoms with Gasteiger partial charge in [0.1, 0.15) is 11.6 Å². The highest BCUT2D eigenvalue weighted by molar-refractivity contribution is 6.23. The second-order valence-corrected chi connectivity index (χ2v) is 6.87. The van der Waals surface area contributed by atoms with Gasteiger partial charge in [-0.1, -0.05) is 6.07 Å². The maximum absolute atomic E-state index is 5.38. The number of aromatic amines is 1. The van der Waals surface area contributed by atoms with Crippen LogP contribution in [0.4, 0.5) is 5.82 Å². The summed E-state index contributed by atoms with van der Waals surface area (Å²) in [5, 5.41) is 8.27. The molecule has 0 bridgehead atoms. The summed E-state index contributed by atoms with van der Waals surface area (Å²) in [5.41, 5.74) is 2.23. The van der Waals surface area contributed by atoms with Gasteiger partial charge in [-0.05, 0) is 68.2 Å². The zero-order chi connectivity index (χ0) is 18.1. The van der Waals surface area contributed by atoms with Crippen molar-refractivity contribution in [2.24, 2.45) is 0 Å². The first-order chi connectivity index (χ1) is 12.7. The number of nitrogens with zero attached hydrogens (tertiary/aromatic N) is 2. The van der Waals surface area contributed by atoms with Crippen molar-refractivity contribution in [3.8, 4) is 5.75 Å². The van der Waals surface area contributed by atoms with Crippen molar-refractivity contribution in [2.45, 2.75) is 6.42 Å². The molecule has 26 heavy (non-hydrogen) atoms. The van der Waals surface area contributed by atoms with Crippen LogP contribution in [0.2, 0.25) is 0 Å². The molecule has 2 heterocycles. The molecule has 4 aromatic rings. The quantitative estimate of drug-likeness (QED) is 0.512. The van der Waals surface area contributed by atoms with Gasteiger partial charge in [-0.15, -0.1) is 0 Å². The normalized spacial score (nSPS) is 11.7. The average molecular weight is 348 g/mol. The Balaban J connectivity index is 1.84. The van der Waals surface area contributed by atoms with Crippen molar-refractivity contribution in [3.63, 3.8) is 0 Å². The summed E-state index contributed by atoms with van der Waals surface area (Å²) in [6, 6.07) is 12.5. The van der Waals surface area contributed by atoms with Gasteiger partial charge in [0.25, 0.3) is 0 Å². The predicted molar refractivity (Wildman–Crippen MR) is 109 cm³/mol. The Kier molecular flexibility index (Phi) is 4.39. The van der Waals surface area contributed by atoms with E-state index in [1.807, 2.05) is 18.3 Å². The van der Waals surface area contributed by atoms with Crippen LogP contribution in [-0.2, 0) is 0 Å². The van der Waals surface area contributed by atoms with Gasteiger partial charge in [0.2, 0.25) is 0 Å². The van der Waals surface area contributed by atoms with E-state index in [9.17, 15) is 0 Å². The second-order valence-electron chi connectivity index (χ2n) is 6.87. The Morgan fingerprint density at radius 2 is 1.92 bits per heavy atom. The lowest BCUT2D eigenvalue weighted by molar-refractivity contribution is 0.405. The fourth-order valence-electron chi connectivity index (χ4n) is 3.51. The summed E-state index contributed by atoms with van der Waals surface area (Å²) in [7, 11) is 5.89. The molecule has 0 atom stereocenters. The van der Waals surface area contributed by atoms with Crippen LogP contribution in [0.15, 0.2) is 42.6 Å². The molecule has 0 aliphatic rings. The van der Waals surface area contributed by atoms with E-state index < -0.39 is 0 Å². The number of ether oxygens (including phenoxy) is 1. The highest BCUT2D eigenvalue weighted by Gasteiger charge is 2.13. The van der Waals surface area contributed by atoms with E-state index >= 15 is 0 Å².